The van der Waals surface area contributed by atoms with Crippen molar-refractivity contribution in [2.75, 3.05) is 4.31 Å². The first-order valence-corrected chi connectivity index (χ1v) is 14.3. The lowest BCUT2D eigenvalue weighted by molar-refractivity contribution is -0.138. The molecule has 0 saturated carbocycles. The van der Waals surface area contributed by atoms with Crippen LogP contribution in [0.25, 0.3) is 11.3 Å². The summed E-state index contributed by atoms with van der Waals surface area (Å²) in [5.74, 6) is 0. The molecule has 3 nitrogen and oxygen atoms in total. The van der Waals surface area contributed by atoms with Gasteiger partial charge in [0.1, 0.15) is 5.69 Å². The van der Waals surface area contributed by atoms with Crippen LogP contribution in [0.3, 0.4) is 0 Å². The highest BCUT2D eigenvalue weighted by molar-refractivity contribution is 8.01. The molecule has 0 aliphatic rings. The highest BCUT2D eigenvalue weighted by Crippen LogP contribution is 2.44. The van der Waals surface area contributed by atoms with Crippen molar-refractivity contribution in [2.24, 2.45) is 0 Å². The Morgan fingerprint density at radius 2 is 1.68 bits per heavy atom. The Morgan fingerprint density at radius 1 is 0.921 bits per heavy atom. The molecule has 2 aromatic heterocycles. The number of hydrogen-bond donors (Lipinski definition) is 0. The van der Waals surface area contributed by atoms with E-state index >= 15 is 4.39 Å². The Kier molecular flexibility index (Phi) is 9.80. The average molecular weight is 560 g/mol. The van der Waals surface area contributed by atoms with E-state index in [1.54, 1.807) is 34.8 Å². The Labute approximate surface area is 229 Å². The molecule has 0 amide bonds. The smallest absolute Gasteiger partial charge is 0.264 e. The Morgan fingerprint density at radius 3 is 2.39 bits per heavy atom. The van der Waals surface area contributed by atoms with E-state index < -0.39 is 16.9 Å². The number of anilines is 2. The molecule has 0 unspecified atom stereocenters. The van der Waals surface area contributed by atoms with Gasteiger partial charge in [0.25, 0.3) is 0 Å². The van der Waals surface area contributed by atoms with Crippen molar-refractivity contribution in [1.82, 2.24) is 9.97 Å². The third-order valence-electron chi connectivity index (χ3n) is 6.06. The minimum absolute atomic E-state index is 0.118. The Hall–Kier alpha value is -2.91. The van der Waals surface area contributed by atoms with Gasteiger partial charge in [-0.1, -0.05) is 74.6 Å². The molecule has 38 heavy (non-hydrogen) atoms. The van der Waals surface area contributed by atoms with Gasteiger partial charge in [-0.2, -0.15) is 17.6 Å². The van der Waals surface area contributed by atoms with Gasteiger partial charge in [0.2, 0.25) is 10.3 Å². The first-order chi connectivity index (χ1) is 18.4. The first kappa shape index (κ1) is 28.1. The summed E-state index contributed by atoms with van der Waals surface area (Å²) in [6.07, 6.45) is 4.98. The topological polar surface area (TPSA) is 29.0 Å². The summed E-state index contributed by atoms with van der Waals surface area (Å²) in [7, 11) is 0. The zero-order valence-electron chi connectivity index (χ0n) is 21.0. The highest BCUT2D eigenvalue weighted by atomic mass is 32.2. The van der Waals surface area contributed by atoms with Crippen LogP contribution in [-0.2, 0) is 12.6 Å². The van der Waals surface area contributed by atoms with Crippen molar-refractivity contribution in [3.63, 3.8) is 0 Å². The predicted molar refractivity (Wildman–Crippen MR) is 148 cm³/mol. The van der Waals surface area contributed by atoms with Crippen LogP contribution < -0.4 is 4.31 Å². The molecule has 200 valence electrons. The van der Waals surface area contributed by atoms with Gasteiger partial charge in [0.15, 0.2) is 0 Å². The van der Waals surface area contributed by atoms with Crippen molar-refractivity contribution in [3.8, 4) is 11.3 Å². The second-order valence-electron chi connectivity index (χ2n) is 8.92. The van der Waals surface area contributed by atoms with E-state index in [4.69, 9.17) is 0 Å². The van der Waals surface area contributed by atoms with Crippen LogP contribution in [-0.4, -0.2) is 9.97 Å². The third-order valence-corrected chi connectivity index (χ3v) is 8.05. The van der Waals surface area contributed by atoms with Crippen LogP contribution in [0.5, 0.6) is 0 Å². The summed E-state index contributed by atoms with van der Waals surface area (Å²) < 4.78 is 59.1. The third kappa shape index (κ3) is 7.35. The van der Waals surface area contributed by atoms with Crippen molar-refractivity contribution in [3.05, 3.63) is 89.3 Å². The number of rotatable bonds is 12. The summed E-state index contributed by atoms with van der Waals surface area (Å²) in [5.41, 5.74) is 0.522. The molecule has 2 heterocycles. The van der Waals surface area contributed by atoms with Gasteiger partial charge in [0, 0.05) is 22.9 Å². The molecule has 0 aliphatic heterocycles. The quantitative estimate of drug-likeness (QED) is 0.0981. The van der Waals surface area contributed by atoms with Crippen molar-refractivity contribution in [2.45, 2.75) is 62.9 Å². The normalized spacial score (nSPS) is 11.6. The minimum atomic E-state index is -4.51. The first-order valence-electron chi connectivity index (χ1n) is 12.7. The Balaban J connectivity index is 1.67. The van der Waals surface area contributed by atoms with Gasteiger partial charge in [0.05, 0.1) is 11.3 Å². The maximum Gasteiger partial charge on any atom is 0.416 e. The monoisotopic (exact) mass is 559 g/mol. The molecule has 4 aromatic rings. The number of unbranched alkanes of at least 4 members (excludes halogenated alkanes) is 5. The second kappa shape index (κ2) is 13.2. The zero-order valence-corrected chi connectivity index (χ0v) is 22.7. The van der Waals surface area contributed by atoms with Gasteiger partial charge in [-0.15, -0.1) is 0 Å². The van der Waals surface area contributed by atoms with Gasteiger partial charge in [-0.3, -0.25) is 9.29 Å². The van der Waals surface area contributed by atoms with E-state index in [0.717, 1.165) is 54.4 Å². The van der Waals surface area contributed by atoms with Gasteiger partial charge < -0.3 is 0 Å². The fourth-order valence-corrected chi connectivity index (χ4v) is 5.91. The van der Waals surface area contributed by atoms with E-state index in [1.165, 1.54) is 18.1 Å². The van der Waals surface area contributed by atoms with E-state index in [0.29, 0.717) is 18.4 Å². The van der Waals surface area contributed by atoms with Crippen LogP contribution in [0, 0.1) is 5.13 Å². The summed E-state index contributed by atoms with van der Waals surface area (Å²) in [5, 5.41) is -0.283. The molecule has 0 bridgehead atoms. The van der Waals surface area contributed by atoms with E-state index in [9.17, 15) is 13.2 Å². The van der Waals surface area contributed by atoms with Crippen molar-refractivity contribution < 1.29 is 17.6 Å². The van der Waals surface area contributed by atoms with Crippen LogP contribution in [0.2, 0.25) is 0 Å². The number of aromatic nitrogens is 2. The van der Waals surface area contributed by atoms with Crippen molar-refractivity contribution in [1.29, 1.82) is 0 Å². The molecule has 2 aromatic carbocycles. The largest absolute Gasteiger partial charge is 0.416 e. The number of pyridine rings is 1. The van der Waals surface area contributed by atoms with Gasteiger partial charge in [-0.05, 0) is 66.8 Å². The second-order valence-corrected chi connectivity index (χ2v) is 10.9. The number of alkyl halides is 3. The van der Waals surface area contributed by atoms with E-state index in [-0.39, 0.29) is 22.1 Å². The fourth-order valence-electron chi connectivity index (χ4n) is 4.12. The molecule has 0 spiro atoms. The lowest BCUT2D eigenvalue weighted by Crippen LogP contribution is -2.13. The molecule has 0 aliphatic carbocycles. The Bertz CT molecular complexity index is 1290. The highest BCUT2D eigenvalue weighted by Gasteiger charge is 2.34. The molecule has 0 fully saturated rings. The van der Waals surface area contributed by atoms with E-state index in [1.807, 2.05) is 30.3 Å². The molecule has 9 heteroatoms. The molecular weight excluding hydrogens is 530 g/mol. The maximum atomic E-state index is 15.0. The number of halogens is 4. The van der Waals surface area contributed by atoms with Crippen LogP contribution >= 0.6 is 23.3 Å². The van der Waals surface area contributed by atoms with Crippen LogP contribution in [0.4, 0.5) is 28.4 Å². The zero-order chi connectivity index (χ0) is 27.0. The van der Waals surface area contributed by atoms with Gasteiger partial charge in [-0.25, -0.2) is 4.98 Å². The number of hydrogen-bond acceptors (Lipinski definition) is 5. The standard InChI is InChI=1S/C29H29F4N3S2/c1-2-3-4-5-6-8-12-21-16-17-23(19-25(21)29(31,32)33)36(38-24-14-9-7-10-15-24)28-35-26(27(30)37-28)22-13-11-18-34-20-22/h7,9-11,13-20H,2-6,8,12H2,1H3. The maximum absolute atomic E-state index is 15.0. The number of aryl methyl sites for hydroxylation is 1. The van der Waals surface area contributed by atoms with Gasteiger partial charge >= 0.3 is 6.18 Å². The minimum Gasteiger partial charge on any atom is -0.264 e. The summed E-state index contributed by atoms with van der Waals surface area (Å²) in [6, 6.07) is 17.0. The molecule has 0 saturated heterocycles. The lowest BCUT2D eigenvalue weighted by Gasteiger charge is -2.23. The molecule has 0 atom stereocenters. The van der Waals surface area contributed by atoms with Crippen LogP contribution in [0.1, 0.15) is 56.6 Å². The molecular formula is C29H29F4N3S2. The predicted octanol–water partition coefficient (Wildman–Crippen LogP) is 10.1. The van der Waals surface area contributed by atoms with Crippen molar-refractivity contribution >= 4 is 34.1 Å². The van der Waals surface area contributed by atoms with E-state index in [2.05, 4.69) is 16.9 Å². The number of benzene rings is 2. The summed E-state index contributed by atoms with van der Waals surface area (Å²) >= 11 is 1.99. The fraction of sp³-hybridized carbons (Fsp3) is 0.310. The summed E-state index contributed by atoms with van der Waals surface area (Å²) in [4.78, 5) is 9.30. The lowest BCUT2D eigenvalue weighted by atomic mass is 9.99. The average Bonchev–Trinajstić information content (AvgIpc) is 3.31. The molecule has 0 radical (unpaired) electrons. The number of thiazole rings is 1. The molecule has 0 N–H and O–H groups in total. The summed E-state index contributed by atoms with van der Waals surface area (Å²) in [6.45, 7) is 2.14. The number of nitrogens with zero attached hydrogens (tertiary/aromatic N) is 3. The SMILES string of the molecule is CCCCCCCCc1ccc(N(Sc2ccccc2)c2nc(-c3cccnc3)c(F)s2)cc1C(F)(F)F. The molecule has 4 rings (SSSR count). The van der Waals surface area contributed by atoms with Crippen LogP contribution in [0.15, 0.2) is 78.0 Å².